The molecule has 0 spiro atoms. The van der Waals surface area contributed by atoms with Gasteiger partial charge in [-0.25, -0.2) is 0 Å². The monoisotopic (exact) mass is 112 g/mol. The van der Waals surface area contributed by atoms with Crippen LogP contribution in [0.2, 0.25) is 0 Å². The lowest BCUT2D eigenvalue weighted by Crippen LogP contribution is -2.27. The Hall–Kier alpha value is -0.830. The summed E-state index contributed by atoms with van der Waals surface area (Å²) in [5, 5.41) is 11.3. The first-order valence-corrected chi connectivity index (χ1v) is 2.48. The quantitative estimate of drug-likeness (QED) is 0.480. The Kier molecular flexibility index (Phi) is 1.64. The molecule has 0 saturated carbocycles. The summed E-state index contributed by atoms with van der Waals surface area (Å²) in [4.78, 5) is 3.88. The molecule has 1 unspecified atom stereocenters. The number of hydrogen-bond acceptors (Lipinski definition) is 3. The second-order valence-electron chi connectivity index (χ2n) is 1.52. The van der Waals surface area contributed by atoms with E-state index in [1.54, 1.807) is 18.5 Å². The molecular weight excluding hydrogens is 104 g/mol. The maximum atomic E-state index is 8.48. The molecule has 44 valence electrons. The third-order valence-electron chi connectivity index (χ3n) is 0.910. The van der Waals surface area contributed by atoms with E-state index < -0.39 is 0 Å². The van der Waals surface area contributed by atoms with Crippen molar-refractivity contribution in [3.63, 3.8) is 0 Å². The molecule has 0 saturated heterocycles. The number of rotatable bonds is 1. The van der Waals surface area contributed by atoms with Crippen LogP contribution in [0.15, 0.2) is 17.3 Å². The van der Waals surface area contributed by atoms with Crippen LogP contribution in [0.3, 0.4) is 0 Å². The average molecular weight is 112 g/mol. The van der Waals surface area contributed by atoms with Crippen molar-refractivity contribution in [3.05, 3.63) is 12.3 Å². The number of aliphatic hydroxyl groups excluding tert-OH is 1. The maximum Gasteiger partial charge on any atom is 0.141 e. The van der Waals surface area contributed by atoms with Gasteiger partial charge in [-0.3, -0.25) is 4.99 Å². The lowest BCUT2D eigenvalue weighted by atomic mass is 10.5. The highest BCUT2D eigenvalue weighted by Crippen LogP contribution is 1.87. The van der Waals surface area contributed by atoms with Crippen LogP contribution in [0.4, 0.5) is 0 Å². The molecule has 8 heavy (non-hydrogen) atoms. The van der Waals surface area contributed by atoms with Crippen LogP contribution in [0.1, 0.15) is 0 Å². The molecule has 0 aliphatic carbocycles. The smallest absolute Gasteiger partial charge is 0.141 e. The Balaban J connectivity index is 2.40. The van der Waals surface area contributed by atoms with Crippen LogP contribution in [0.5, 0.6) is 0 Å². The molecule has 1 aliphatic rings. The van der Waals surface area contributed by atoms with Crippen LogP contribution in [-0.2, 0) is 0 Å². The van der Waals surface area contributed by atoms with Crippen LogP contribution in [-0.4, -0.2) is 24.1 Å². The first-order chi connectivity index (χ1) is 3.93. The Morgan fingerprint density at radius 1 is 1.75 bits per heavy atom. The minimum Gasteiger partial charge on any atom is -0.392 e. The van der Waals surface area contributed by atoms with Crippen LogP contribution < -0.4 is 5.32 Å². The number of nitrogens with zero attached hydrogens (tertiary/aromatic N) is 1. The first-order valence-electron chi connectivity index (χ1n) is 2.48. The summed E-state index contributed by atoms with van der Waals surface area (Å²) in [6.07, 6.45) is 5.08. The van der Waals surface area contributed by atoms with Gasteiger partial charge in [0.25, 0.3) is 0 Å². The summed E-state index contributed by atoms with van der Waals surface area (Å²) in [5.41, 5.74) is 0. The fraction of sp³-hybridized carbons (Fsp3) is 0.400. The van der Waals surface area contributed by atoms with E-state index in [4.69, 9.17) is 5.11 Å². The molecule has 0 amide bonds. The SMILES string of the molecule is OCC1N=CC=CN1. The third kappa shape index (κ3) is 1.07. The molecule has 3 heteroatoms. The number of hydrogen-bond donors (Lipinski definition) is 2. The predicted molar refractivity (Wildman–Crippen MR) is 31.6 cm³/mol. The lowest BCUT2D eigenvalue weighted by Gasteiger charge is -2.10. The summed E-state index contributed by atoms with van der Waals surface area (Å²) in [6, 6.07) is 0. The normalized spacial score (nSPS) is 25.4. The van der Waals surface area contributed by atoms with Crippen molar-refractivity contribution >= 4 is 6.21 Å². The number of nitrogens with one attached hydrogen (secondary N) is 1. The third-order valence-corrected chi connectivity index (χ3v) is 0.910. The van der Waals surface area contributed by atoms with Gasteiger partial charge in [-0.1, -0.05) is 0 Å². The summed E-state index contributed by atoms with van der Waals surface area (Å²) in [5.74, 6) is 0. The molecule has 0 bridgehead atoms. The molecule has 1 rings (SSSR count). The highest BCUT2D eigenvalue weighted by Gasteiger charge is 1.99. The van der Waals surface area contributed by atoms with E-state index in [0.29, 0.717) is 0 Å². The van der Waals surface area contributed by atoms with Gasteiger partial charge in [0.15, 0.2) is 0 Å². The van der Waals surface area contributed by atoms with Crippen molar-refractivity contribution < 1.29 is 5.11 Å². The van der Waals surface area contributed by atoms with Gasteiger partial charge in [0, 0.05) is 6.21 Å². The molecule has 0 aromatic heterocycles. The van der Waals surface area contributed by atoms with Gasteiger partial charge in [0.2, 0.25) is 0 Å². The zero-order valence-electron chi connectivity index (χ0n) is 4.41. The van der Waals surface area contributed by atoms with Gasteiger partial charge in [0.1, 0.15) is 6.17 Å². The standard InChI is InChI=1S/C5H8N2O/c8-4-5-6-2-1-3-7-5/h1-3,5-6,8H,4H2. The summed E-state index contributed by atoms with van der Waals surface area (Å²) < 4.78 is 0. The van der Waals surface area contributed by atoms with Crippen molar-refractivity contribution in [1.29, 1.82) is 0 Å². The summed E-state index contributed by atoms with van der Waals surface area (Å²) in [7, 11) is 0. The minimum absolute atomic E-state index is 0.0564. The maximum absolute atomic E-state index is 8.48. The summed E-state index contributed by atoms with van der Waals surface area (Å²) >= 11 is 0. The molecule has 0 fully saturated rings. The minimum atomic E-state index is -0.125. The summed E-state index contributed by atoms with van der Waals surface area (Å²) in [6.45, 7) is 0.0564. The zero-order chi connectivity index (χ0) is 5.82. The van der Waals surface area contributed by atoms with E-state index in [1.807, 2.05) is 0 Å². The van der Waals surface area contributed by atoms with Crippen molar-refractivity contribution in [1.82, 2.24) is 5.32 Å². The van der Waals surface area contributed by atoms with E-state index in [-0.39, 0.29) is 12.8 Å². The molecule has 1 aliphatic heterocycles. The van der Waals surface area contributed by atoms with Crippen molar-refractivity contribution in [3.8, 4) is 0 Å². The van der Waals surface area contributed by atoms with Gasteiger partial charge >= 0.3 is 0 Å². The van der Waals surface area contributed by atoms with Crippen molar-refractivity contribution in [2.75, 3.05) is 6.61 Å². The molecule has 0 radical (unpaired) electrons. The highest BCUT2D eigenvalue weighted by molar-refractivity contribution is 5.71. The Labute approximate surface area is 47.7 Å². The number of aliphatic hydroxyl groups is 1. The predicted octanol–water partition coefficient (Wildman–Crippen LogP) is -0.508. The number of allylic oxidation sites excluding steroid dienone is 1. The van der Waals surface area contributed by atoms with Gasteiger partial charge in [0.05, 0.1) is 6.61 Å². The van der Waals surface area contributed by atoms with E-state index in [2.05, 4.69) is 10.3 Å². The topological polar surface area (TPSA) is 44.6 Å². The van der Waals surface area contributed by atoms with Crippen molar-refractivity contribution in [2.24, 2.45) is 4.99 Å². The molecule has 0 aromatic carbocycles. The van der Waals surface area contributed by atoms with Crippen LogP contribution >= 0.6 is 0 Å². The Morgan fingerprint density at radius 2 is 2.62 bits per heavy atom. The molecule has 2 N–H and O–H groups in total. The fourth-order valence-electron chi connectivity index (χ4n) is 0.506. The first kappa shape index (κ1) is 5.31. The van der Waals surface area contributed by atoms with Crippen LogP contribution in [0, 0.1) is 0 Å². The molecule has 1 heterocycles. The van der Waals surface area contributed by atoms with Gasteiger partial charge in [-0.2, -0.15) is 0 Å². The van der Waals surface area contributed by atoms with Crippen molar-refractivity contribution in [2.45, 2.75) is 6.17 Å². The van der Waals surface area contributed by atoms with Crippen LogP contribution in [0.25, 0.3) is 0 Å². The Morgan fingerprint density at radius 3 is 3.00 bits per heavy atom. The molecule has 3 nitrogen and oxygen atoms in total. The zero-order valence-corrected chi connectivity index (χ0v) is 4.41. The second-order valence-corrected chi connectivity index (χ2v) is 1.52. The second kappa shape index (κ2) is 2.47. The average Bonchev–Trinajstić information content (AvgIpc) is 1.90. The van der Waals surface area contributed by atoms with Gasteiger partial charge < -0.3 is 10.4 Å². The lowest BCUT2D eigenvalue weighted by molar-refractivity contribution is 0.256. The fourth-order valence-corrected chi connectivity index (χ4v) is 0.506. The van der Waals surface area contributed by atoms with E-state index in [9.17, 15) is 0 Å². The molecule has 0 aromatic rings. The van der Waals surface area contributed by atoms with Gasteiger partial charge in [-0.15, -0.1) is 0 Å². The van der Waals surface area contributed by atoms with E-state index in [1.165, 1.54) is 0 Å². The largest absolute Gasteiger partial charge is 0.392 e. The van der Waals surface area contributed by atoms with Gasteiger partial charge in [-0.05, 0) is 12.3 Å². The molecular formula is C5H8N2O. The Bertz CT molecular complexity index is 120. The molecule has 1 atom stereocenters. The number of aliphatic imine (C=N–C) groups is 1. The van der Waals surface area contributed by atoms with E-state index in [0.717, 1.165) is 0 Å². The highest BCUT2D eigenvalue weighted by atomic mass is 16.3. The van der Waals surface area contributed by atoms with E-state index >= 15 is 0 Å².